The van der Waals surface area contributed by atoms with Gasteiger partial charge < -0.3 is 0 Å². The molecule has 1 unspecified atom stereocenters. The Balaban J connectivity index is 1.93. The van der Waals surface area contributed by atoms with Gasteiger partial charge in [0.25, 0.3) is 0 Å². The first-order valence-electron chi connectivity index (χ1n) is 3.33. The second-order valence-corrected chi connectivity index (χ2v) is 3.14. The molecule has 2 saturated carbocycles. The van der Waals surface area contributed by atoms with Crippen molar-refractivity contribution in [3.63, 3.8) is 0 Å². The lowest BCUT2D eigenvalue weighted by Gasteiger charge is -2.25. The SMILES string of the molecule is NNC1CC12CCC2. The molecule has 0 saturated heterocycles. The number of hydrogen-bond donors (Lipinski definition) is 2. The Morgan fingerprint density at radius 3 is 2.38 bits per heavy atom. The second kappa shape index (κ2) is 1.25. The van der Waals surface area contributed by atoms with Crippen LogP contribution in [-0.2, 0) is 0 Å². The van der Waals surface area contributed by atoms with Gasteiger partial charge >= 0.3 is 0 Å². The molecule has 0 radical (unpaired) electrons. The molecule has 2 rings (SSSR count). The highest BCUT2D eigenvalue weighted by Crippen LogP contribution is 2.60. The van der Waals surface area contributed by atoms with Crippen LogP contribution in [0.2, 0.25) is 0 Å². The molecule has 2 fully saturated rings. The molecule has 1 spiro atoms. The van der Waals surface area contributed by atoms with E-state index in [9.17, 15) is 0 Å². The van der Waals surface area contributed by atoms with Crippen molar-refractivity contribution in [2.24, 2.45) is 11.3 Å². The maximum absolute atomic E-state index is 5.27. The molecular weight excluding hydrogens is 100 g/mol. The summed E-state index contributed by atoms with van der Waals surface area (Å²) in [6.45, 7) is 0. The summed E-state index contributed by atoms with van der Waals surface area (Å²) in [7, 11) is 0. The number of hydrazine groups is 1. The lowest BCUT2D eigenvalue weighted by molar-refractivity contribution is 0.266. The minimum atomic E-state index is 0.677. The maximum Gasteiger partial charge on any atom is 0.0273 e. The third-order valence-electron chi connectivity index (χ3n) is 2.74. The molecule has 46 valence electrons. The normalized spacial score (nSPS) is 39.4. The summed E-state index contributed by atoms with van der Waals surface area (Å²) in [4.78, 5) is 0. The molecule has 2 aliphatic carbocycles. The van der Waals surface area contributed by atoms with Gasteiger partial charge in [0.05, 0.1) is 0 Å². The Morgan fingerprint density at radius 1 is 1.50 bits per heavy atom. The summed E-state index contributed by atoms with van der Waals surface area (Å²) in [5, 5.41) is 0. The van der Waals surface area contributed by atoms with Gasteiger partial charge in [-0.05, 0) is 24.7 Å². The van der Waals surface area contributed by atoms with Crippen LogP contribution >= 0.6 is 0 Å². The van der Waals surface area contributed by atoms with Crippen molar-refractivity contribution in [1.82, 2.24) is 5.43 Å². The first-order chi connectivity index (χ1) is 3.87. The van der Waals surface area contributed by atoms with Gasteiger partial charge in [-0.2, -0.15) is 0 Å². The zero-order valence-electron chi connectivity index (χ0n) is 4.98. The Morgan fingerprint density at radius 2 is 2.25 bits per heavy atom. The molecule has 2 nitrogen and oxygen atoms in total. The number of nitrogens with one attached hydrogen (secondary N) is 1. The van der Waals surface area contributed by atoms with E-state index in [0.717, 1.165) is 0 Å². The molecule has 0 aromatic heterocycles. The van der Waals surface area contributed by atoms with Gasteiger partial charge in [-0.3, -0.25) is 11.3 Å². The predicted octanol–water partition coefficient (Wildman–Crippen LogP) is 0.392. The summed E-state index contributed by atoms with van der Waals surface area (Å²) in [5.74, 6) is 5.27. The Labute approximate surface area is 49.4 Å². The quantitative estimate of drug-likeness (QED) is 0.380. The van der Waals surface area contributed by atoms with Crippen LogP contribution in [0.15, 0.2) is 0 Å². The van der Waals surface area contributed by atoms with Crippen molar-refractivity contribution in [3.8, 4) is 0 Å². The zero-order chi connectivity index (χ0) is 5.61. The summed E-state index contributed by atoms with van der Waals surface area (Å²) in [6, 6.07) is 0.677. The highest BCUT2D eigenvalue weighted by molar-refractivity contribution is 5.11. The molecule has 0 bridgehead atoms. The van der Waals surface area contributed by atoms with Gasteiger partial charge in [0.15, 0.2) is 0 Å². The van der Waals surface area contributed by atoms with E-state index < -0.39 is 0 Å². The highest BCUT2D eigenvalue weighted by atomic mass is 15.3. The molecule has 3 N–H and O–H groups in total. The van der Waals surface area contributed by atoms with Gasteiger partial charge in [-0.25, -0.2) is 0 Å². The monoisotopic (exact) mass is 112 g/mol. The highest BCUT2D eigenvalue weighted by Gasteiger charge is 2.56. The fourth-order valence-corrected chi connectivity index (χ4v) is 1.77. The second-order valence-electron chi connectivity index (χ2n) is 3.14. The minimum absolute atomic E-state index is 0.677. The van der Waals surface area contributed by atoms with Crippen LogP contribution in [0.1, 0.15) is 25.7 Å². The summed E-state index contributed by atoms with van der Waals surface area (Å²) < 4.78 is 0. The van der Waals surface area contributed by atoms with E-state index in [1.807, 2.05) is 0 Å². The van der Waals surface area contributed by atoms with Crippen molar-refractivity contribution in [2.75, 3.05) is 0 Å². The average molecular weight is 112 g/mol. The molecule has 0 amide bonds. The van der Waals surface area contributed by atoms with Crippen molar-refractivity contribution in [2.45, 2.75) is 31.7 Å². The van der Waals surface area contributed by atoms with Gasteiger partial charge in [-0.15, -0.1) is 0 Å². The smallest absolute Gasteiger partial charge is 0.0273 e. The van der Waals surface area contributed by atoms with E-state index in [1.54, 1.807) is 0 Å². The van der Waals surface area contributed by atoms with E-state index in [0.29, 0.717) is 11.5 Å². The van der Waals surface area contributed by atoms with E-state index in [-0.39, 0.29) is 0 Å². The number of hydrogen-bond acceptors (Lipinski definition) is 2. The largest absolute Gasteiger partial charge is 0.271 e. The molecular formula is C6H12N2. The van der Waals surface area contributed by atoms with Crippen LogP contribution in [0.4, 0.5) is 0 Å². The van der Waals surface area contributed by atoms with Gasteiger partial charge in [-0.1, -0.05) is 6.42 Å². The van der Waals surface area contributed by atoms with Crippen molar-refractivity contribution >= 4 is 0 Å². The molecule has 1 atom stereocenters. The van der Waals surface area contributed by atoms with E-state index >= 15 is 0 Å². The predicted molar refractivity (Wildman–Crippen MR) is 32.0 cm³/mol. The van der Waals surface area contributed by atoms with Crippen LogP contribution < -0.4 is 11.3 Å². The first kappa shape index (κ1) is 4.77. The third-order valence-corrected chi connectivity index (χ3v) is 2.74. The lowest BCUT2D eigenvalue weighted by Crippen LogP contribution is -2.31. The Hall–Kier alpha value is -0.0800. The molecule has 0 aliphatic heterocycles. The van der Waals surface area contributed by atoms with Crippen LogP contribution in [-0.4, -0.2) is 6.04 Å². The molecule has 0 aromatic carbocycles. The number of rotatable bonds is 1. The molecule has 2 heteroatoms. The third kappa shape index (κ3) is 0.400. The zero-order valence-corrected chi connectivity index (χ0v) is 4.98. The molecule has 2 aliphatic rings. The van der Waals surface area contributed by atoms with Crippen LogP contribution in [0.3, 0.4) is 0 Å². The summed E-state index contributed by atoms with van der Waals surface area (Å²) in [6.07, 6.45) is 5.60. The fraction of sp³-hybridized carbons (Fsp3) is 1.00. The molecule has 0 heterocycles. The van der Waals surface area contributed by atoms with E-state index in [1.165, 1.54) is 25.7 Å². The van der Waals surface area contributed by atoms with Crippen LogP contribution in [0.5, 0.6) is 0 Å². The number of nitrogens with two attached hydrogens (primary N) is 1. The van der Waals surface area contributed by atoms with E-state index in [4.69, 9.17) is 5.84 Å². The fourth-order valence-electron chi connectivity index (χ4n) is 1.77. The van der Waals surface area contributed by atoms with Crippen molar-refractivity contribution < 1.29 is 0 Å². The standard InChI is InChI=1S/C6H12N2/c7-8-5-4-6(5)2-1-3-6/h5,8H,1-4,7H2. The van der Waals surface area contributed by atoms with Crippen LogP contribution in [0.25, 0.3) is 0 Å². The maximum atomic E-state index is 5.27. The van der Waals surface area contributed by atoms with Crippen molar-refractivity contribution in [3.05, 3.63) is 0 Å². The summed E-state index contributed by atoms with van der Waals surface area (Å²) >= 11 is 0. The van der Waals surface area contributed by atoms with Crippen LogP contribution in [0, 0.1) is 5.41 Å². The Kier molecular flexibility index (Phi) is 0.746. The lowest BCUT2D eigenvalue weighted by atomic mass is 9.81. The van der Waals surface area contributed by atoms with Gasteiger partial charge in [0, 0.05) is 6.04 Å². The first-order valence-corrected chi connectivity index (χ1v) is 3.33. The summed E-state index contributed by atoms with van der Waals surface area (Å²) in [5.41, 5.74) is 3.53. The molecule has 0 aromatic rings. The molecule has 8 heavy (non-hydrogen) atoms. The topological polar surface area (TPSA) is 38.0 Å². The van der Waals surface area contributed by atoms with E-state index in [2.05, 4.69) is 5.43 Å². The van der Waals surface area contributed by atoms with Gasteiger partial charge in [0.2, 0.25) is 0 Å². The average Bonchev–Trinajstić information content (AvgIpc) is 2.36. The minimum Gasteiger partial charge on any atom is -0.271 e. The Bertz CT molecular complexity index is 107. The van der Waals surface area contributed by atoms with Crippen molar-refractivity contribution in [1.29, 1.82) is 0 Å². The van der Waals surface area contributed by atoms with Gasteiger partial charge in [0.1, 0.15) is 0 Å².